The first-order chi connectivity index (χ1) is 9.27. The minimum atomic E-state index is -0.338. The fraction of sp³-hybridized carbons (Fsp3) is 0.308. The standard InChI is InChI=1S/C13H14N4O2/c18-17(19)11-3-1-2-10-4-5-15-13(12(10)11)16-8-6-14-7-9-16/h1-5,14H,6-9H2. The van der Waals surface area contributed by atoms with E-state index in [9.17, 15) is 10.1 Å². The molecule has 1 aliphatic rings. The maximum absolute atomic E-state index is 11.2. The molecule has 1 aromatic carbocycles. The molecule has 6 heteroatoms. The molecule has 0 radical (unpaired) electrons. The normalized spacial score (nSPS) is 15.7. The van der Waals surface area contributed by atoms with Gasteiger partial charge >= 0.3 is 0 Å². The second-order valence-corrected chi connectivity index (χ2v) is 4.50. The van der Waals surface area contributed by atoms with E-state index < -0.39 is 0 Å². The molecule has 2 aromatic rings. The summed E-state index contributed by atoms with van der Waals surface area (Å²) in [6, 6.07) is 6.95. The lowest BCUT2D eigenvalue weighted by Crippen LogP contribution is -2.44. The van der Waals surface area contributed by atoms with Crippen molar-refractivity contribution < 1.29 is 4.92 Å². The predicted molar refractivity (Wildman–Crippen MR) is 73.5 cm³/mol. The maximum atomic E-state index is 11.2. The van der Waals surface area contributed by atoms with Gasteiger partial charge in [0.1, 0.15) is 11.2 Å². The molecule has 19 heavy (non-hydrogen) atoms. The van der Waals surface area contributed by atoms with Crippen molar-refractivity contribution in [2.24, 2.45) is 0 Å². The third kappa shape index (κ3) is 2.10. The van der Waals surface area contributed by atoms with E-state index in [0.29, 0.717) is 11.2 Å². The molecule has 6 nitrogen and oxygen atoms in total. The second-order valence-electron chi connectivity index (χ2n) is 4.50. The molecule has 1 aromatic heterocycles. The third-order valence-corrected chi connectivity index (χ3v) is 3.36. The highest BCUT2D eigenvalue weighted by molar-refractivity contribution is 5.99. The second kappa shape index (κ2) is 4.81. The van der Waals surface area contributed by atoms with Crippen molar-refractivity contribution in [2.45, 2.75) is 0 Å². The van der Waals surface area contributed by atoms with Crippen molar-refractivity contribution in [3.05, 3.63) is 40.6 Å². The lowest BCUT2D eigenvalue weighted by atomic mass is 10.1. The number of benzene rings is 1. The summed E-state index contributed by atoms with van der Waals surface area (Å²) in [6.07, 6.45) is 1.71. The number of nitrogens with one attached hydrogen (secondary N) is 1. The number of anilines is 1. The summed E-state index contributed by atoms with van der Waals surface area (Å²) in [5, 5.41) is 16.0. The molecule has 3 rings (SSSR count). The monoisotopic (exact) mass is 258 g/mol. The van der Waals surface area contributed by atoms with Crippen molar-refractivity contribution >= 4 is 22.3 Å². The number of aromatic nitrogens is 1. The topological polar surface area (TPSA) is 71.3 Å². The molecule has 0 amide bonds. The van der Waals surface area contributed by atoms with Crippen molar-refractivity contribution in [1.82, 2.24) is 10.3 Å². The number of nitro groups is 1. The van der Waals surface area contributed by atoms with E-state index in [1.165, 1.54) is 6.07 Å². The van der Waals surface area contributed by atoms with E-state index >= 15 is 0 Å². The highest BCUT2D eigenvalue weighted by atomic mass is 16.6. The number of piperazine rings is 1. The Bertz CT molecular complexity index is 618. The smallest absolute Gasteiger partial charge is 0.280 e. The first kappa shape index (κ1) is 11.9. The van der Waals surface area contributed by atoms with Gasteiger partial charge < -0.3 is 10.2 Å². The average molecular weight is 258 g/mol. The van der Waals surface area contributed by atoms with Crippen LogP contribution in [0.1, 0.15) is 0 Å². The number of pyridine rings is 1. The van der Waals surface area contributed by atoms with E-state index in [4.69, 9.17) is 0 Å². The van der Waals surface area contributed by atoms with Gasteiger partial charge in [-0.05, 0) is 11.5 Å². The SMILES string of the molecule is O=[N+]([O-])c1cccc2ccnc(N3CCNCC3)c12. The van der Waals surface area contributed by atoms with Gasteiger partial charge in [-0.2, -0.15) is 0 Å². The molecule has 1 fully saturated rings. The largest absolute Gasteiger partial charge is 0.353 e. The molecule has 2 heterocycles. The Balaban J connectivity index is 2.20. The molecule has 0 unspecified atom stereocenters. The van der Waals surface area contributed by atoms with Crippen LogP contribution in [0.3, 0.4) is 0 Å². The first-order valence-electron chi connectivity index (χ1n) is 6.25. The predicted octanol–water partition coefficient (Wildman–Crippen LogP) is 1.55. The molecule has 0 bridgehead atoms. The van der Waals surface area contributed by atoms with Crippen molar-refractivity contribution in [2.75, 3.05) is 31.1 Å². The summed E-state index contributed by atoms with van der Waals surface area (Å²) in [5.74, 6) is 0.714. The molecular formula is C13H14N4O2. The Morgan fingerprint density at radius 3 is 2.79 bits per heavy atom. The summed E-state index contributed by atoms with van der Waals surface area (Å²) in [4.78, 5) is 17.3. The number of non-ortho nitro benzene ring substituents is 1. The average Bonchev–Trinajstić information content (AvgIpc) is 2.46. The van der Waals surface area contributed by atoms with Crippen LogP contribution in [0.2, 0.25) is 0 Å². The Labute approximate surface area is 110 Å². The van der Waals surface area contributed by atoms with Crippen LogP contribution in [0.15, 0.2) is 30.5 Å². The van der Waals surface area contributed by atoms with Gasteiger partial charge in [0.15, 0.2) is 0 Å². The van der Waals surface area contributed by atoms with Crippen LogP contribution in [-0.2, 0) is 0 Å². The number of rotatable bonds is 2. The summed E-state index contributed by atoms with van der Waals surface area (Å²) in [5.41, 5.74) is 0.124. The van der Waals surface area contributed by atoms with Crippen LogP contribution in [0.5, 0.6) is 0 Å². The van der Waals surface area contributed by atoms with Crippen LogP contribution < -0.4 is 10.2 Å². The molecule has 98 valence electrons. The van der Waals surface area contributed by atoms with Gasteiger partial charge in [-0.25, -0.2) is 4.98 Å². The molecule has 1 N–H and O–H groups in total. The number of fused-ring (bicyclic) bond motifs is 1. The first-order valence-corrected chi connectivity index (χ1v) is 6.25. The highest BCUT2D eigenvalue weighted by Gasteiger charge is 2.20. The summed E-state index contributed by atoms with van der Waals surface area (Å²) >= 11 is 0. The van der Waals surface area contributed by atoms with Crippen LogP contribution in [0.4, 0.5) is 11.5 Å². The molecule has 0 aliphatic carbocycles. The van der Waals surface area contributed by atoms with Gasteiger partial charge in [-0.3, -0.25) is 10.1 Å². The number of nitrogens with zero attached hydrogens (tertiary/aromatic N) is 3. The molecule has 0 spiro atoms. The van der Waals surface area contributed by atoms with Crippen molar-refractivity contribution in [1.29, 1.82) is 0 Å². The lowest BCUT2D eigenvalue weighted by molar-refractivity contribution is -0.383. The zero-order valence-electron chi connectivity index (χ0n) is 10.4. The number of hydrogen-bond donors (Lipinski definition) is 1. The summed E-state index contributed by atoms with van der Waals surface area (Å²) in [6.45, 7) is 3.38. The van der Waals surface area contributed by atoms with E-state index in [2.05, 4.69) is 15.2 Å². The van der Waals surface area contributed by atoms with E-state index in [0.717, 1.165) is 31.6 Å². The zero-order chi connectivity index (χ0) is 13.2. The van der Waals surface area contributed by atoms with E-state index in [1.807, 2.05) is 12.1 Å². The van der Waals surface area contributed by atoms with Gasteiger partial charge in [0.05, 0.1) is 4.92 Å². The third-order valence-electron chi connectivity index (χ3n) is 3.36. The zero-order valence-corrected chi connectivity index (χ0v) is 10.4. The molecule has 0 saturated carbocycles. The Hall–Kier alpha value is -2.21. The Kier molecular flexibility index (Phi) is 3.00. The highest BCUT2D eigenvalue weighted by Crippen LogP contribution is 2.32. The molecule has 1 saturated heterocycles. The minimum absolute atomic E-state index is 0.124. The van der Waals surface area contributed by atoms with Crippen LogP contribution in [-0.4, -0.2) is 36.1 Å². The summed E-state index contributed by atoms with van der Waals surface area (Å²) < 4.78 is 0. The van der Waals surface area contributed by atoms with Crippen molar-refractivity contribution in [3.63, 3.8) is 0 Å². The fourth-order valence-corrected chi connectivity index (χ4v) is 2.46. The maximum Gasteiger partial charge on any atom is 0.280 e. The number of nitro benzene ring substituents is 1. The molecular weight excluding hydrogens is 244 g/mol. The summed E-state index contributed by atoms with van der Waals surface area (Å²) in [7, 11) is 0. The van der Waals surface area contributed by atoms with Gasteiger partial charge in [0.25, 0.3) is 5.69 Å². The van der Waals surface area contributed by atoms with Gasteiger partial charge in [0.2, 0.25) is 0 Å². The van der Waals surface area contributed by atoms with E-state index in [1.54, 1.807) is 12.3 Å². The van der Waals surface area contributed by atoms with Crippen molar-refractivity contribution in [3.8, 4) is 0 Å². The van der Waals surface area contributed by atoms with Crippen LogP contribution in [0.25, 0.3) is 10.8 Å². The van der Waals surface area contributed by atoms with Gasteiger partial charge in [-0.1, -0.05) is 12.1 Å². The molecule has 1 aliphatic heterocycles. The van der Waals surface area contributed by atoms with Gasteiger partial charge in [0, 0.05) is 38.4 Å². The van der Waals surface area contributed by atoms with Crippen LogP contribution >= 0.6 is 0 Å². The fourth-order valence-electron chi connectivity index (χ4n) is 2.46. The molecule has 0 atom stereocenters. The van der Waals surface area contributed by atoms with E-state index in [-0.39, 0.29) is 10.6 Å². The number of hydrogen-bond acceptors (Lipinski definition) is 5. The lowest BCUT2D eigenvalue weighted by Gasteiger charge is -2.29. The Morgan fingerprint density at radius 1 is 1.26 bits per heavy atom. The minimum Gasteiger partial charge on any atom is -0.353 e. The van der Waals surface area contributed by atoms with Gasteiger partial charge in [-0.15, -0.1) is 0 Å². The quantitative estimate of drug-likeness (QED) is 0.653. The van der Waals surface area contributed by atoms with Crippen LogP contribution in [0, 0.1) is 10.1 Å². The Morgan fingerprint density at radius 2 is 2.05 bits per heavy atom.